The van der Waals surface area contributed by atoms with Crippen molar-refractivity contribution in [2.75, 3.05) is 52.9 Å². The van der Waals surface area contributed by atoms with Gasteiger partial charge >= 0.3 is 0 Å². The fraction of sp³-hybridized carbons (Fsp3) is 0.583. The van der Waals surface area contributed by atoms with E-state index in [9.17, 15) is 4.79 Å². The van der Waals surface area contributed by atoms with E-state index in [-0.39, 0.29) is 30.0 Å². The van der Waals surface area contributed by atoms with Crippen molar-refractivity contribution in [2.45, 2.75) is 39.2 Å². The van der Waals surface area contributed by atoms with Gasteiger partial charge in [0.1, 0.15) is 0 Å². The minimum Gasteiger partial charge on any atom is -0.361 e. The van der Waals surface area contributed by atoms with Gasteiger partial charge in [0.2, 0.25) is 5.91 Å². The van der Waals surface area contributed by atoms with Gasteiger partial charge in [0.15, 0.2) is 5.96 Å². The van der Waals surface area contributed by atoms with Gasteiger partial charge in [-0.25, -0.2) is 0 Å². The molecule has 3 heterocycles. The summed E-state index contributed by atoms with van der Waals surface area (Å²) in [5.41, 5.74) is 3.81. The molecule has 2 fully saturated rings. The molecule has 2 saturated heterocycles. The number of carbonyl (C=O) groups is 1. The summed E-state index contributed by atoms with van der Waals surface area (Å²) in [4.78, 5) is 27.3. The number of piperazine rings is 1. The Labute approximate surface area is 208 Å². The second-order valence-electron chi connectivity index (χ2n) is 8.82. The number of H-pyrrole nitrogens is 1. The van der Waals surface area contributed by atoms with Gasteiger partial charge in [0.05, 0.1) is 6.04 Å². The minimum atomic E-state index is -0.0271. The highest BCUT2D eigenvalue weighted by Crippen LogP contribution is 2.20. The second kappa shape index (κ2) is 11.4. The zero-order valence-corrected chi connectivity index (χ0v) is 21.9. The van der Waals surface area contributed by atoms with E-state index in [1.807, 2.05) is 11.9 Å². The third-order valence-electron chi connectivity index (χ3n) is 6.75. The summed E-state index contributed by atoms with van der Waals surface area (Å²) >= 11 is 0. The molecule has 1 aromatic carbocycles. The van der Waals surface area contributed by atoms with Crippen LogP contribution in [-0.2, 0) is 11.2 Å². The van der Waals surface area contributed by atoms with Crippen LogP contribution in [0.2, 0.25) is 0 Å². The lowest BCUT2D eigenvalue weighted by molar-refractivity contribution is -0.135. The van der Waals surface area contributed by atoms with Gasteiger partial charge in [-0.05, 0) is 50.3 Å². The SMILES string of the molecule is CN=C(NCCc1c[nH]c2cc(C)ccc12)N1CCN(C(C)C(=O)N2CCCC2)CC1.I. The molecule has 0 radical (unpaired) electrons. The Morgan fingerprint density at radius 1 is 1.12 bits per heavy atom. The van der Waals surface area contributed by atoms with E-state index in [1.165, 1.54) is 22.0 Å². The molecule has 1 unspecified atom stereocenters. The van der Waals surface area contributed by atoms with Gasteiger partial charge in [-0.3, -0.25) is 14.7 Å². The molecule has 7 nitrogen and oxygen atoms in total. The highest BCUT2D eigenvalue weighted by molar-refractivity contribution is 14.0. The van der Waals surface area contributed by atoms with Gasteiger partial charge in [0.25, 0.3) is 0 Å². The maximum absolute atomic E-state index is 12.7. The van der Waals surface area contributed by atoms with Crippen LogP contribution in [0.4, 0.5) is 0 Å². The third kappa shape index (κ3) is 5.57. The Morgan fingerprint density at radius 2 is 1.84 bits per heavy atom. The van der Waals surface area contributed by atoms with Crippen LogP contribution in [0.5, 0.6) is 0 Å². The Hall–Kier alpha value is -1.81. The summed E-state index contributed by atoms with van der Waals surface area (Å²) in [6.07, 6.45) is 5.36. The molecule has 1 aromatic heterocycles. The first-order chi connectivity index (χ1) is 15.1. The fourth-order valence-corrected chi connectivity index (χ4v) is 4.83. The van der Waals surface area contributed by atoms with Crippen LogP contribution in [0.25, 0.3) is 10.9 Å². The topological polar surface area (TPSA) is 67.0 Å². The van der Waals surface area contributed by atoms with E-state index in [0.29, 0.717) is 5.91 Å². The van der Waals surface area contributed by atoms with Crippen molar-refractivity contribution in [2.24, 2.45) is 4.99 Å². The van der Waals surface area contributed by atoms with Crippen LogP contribution >= 0.6 is 24.0 Å². The van der Waals surface area contributed by atoms with E-state index in [1.54, 1.807) is 0 Å². The normalized spacial score (nSPS) is 18.7. The lowest BCUT2D eigenvalue weighted by atomic mass is 10.1. The summed E-state index contributed by atoms with van der Waals surface area (Å²) in [5, 5.41) is 4.83. The molecule has 1 amide bonds. The molecule has 2 aliphatic heterocycles. The molecular weight excluding hydrogens is 515 g/mol. The third-order valence-corrected chi connectivity index (χ3v) is 6.75. The van der Waals surface area contributed by atoms with Crippen molar-refractivity contribution in [1.82, 2.24) is 25.0 Å². The number of nitrogens with one attached hydrogen (secondary N) is 2. The fourth-order valence-electron chi connectivity index (χ4n) is 4.83. The number of aliphatic imine (C=N–C) groups is 1. The number of amides is 1. The number of aromatic nitrogens is 1. The molecule has 2 N–H and O–H groups in total. The van der Waals surface area contributed by atoms with Crippen LogP contribution in [0.15, 0.2) is 29.4 Å². The number of benzene rings is 1. The summed E-state index contributed by atoms with van der Waals surface area (Å²) in [6, 6.07) is 6.54. The predicted octanol–water partition coefficient (Wildman–Crippen LogP) is 2.84. The average Bonchev–Trinajstić information content (AvgIpc) is 3.46. The molecule has 0 saturated carbocycles. The van der Waals surface area contributed by atoms with Crippen LogP contribution in [0, 0.1) is 6.92 Å². The van der Waals surface area contributed by atoms with Crippen LogP contribution in [-0.4, -0.2) is 90.5 Å². The van der Waals surface area contributed by atoms with Gasteiger partial charge in [0, 0.05) is 70.0 Å². The number of carbonyl (C=O) groups excluding carboxylic acids is 1. The first-order valence-corrected chi connectivity index (χ1v) is 11.6. The van der Waals surface area contributed by atoms with Crippen molar-refractivity contribution in [3.05, 3.63) is 35.5 Å². The number of fused-ring (bicyclic) bond motifs is 1. The smallest absolute Gasteiger partial charge is 0.239 e. The van der Waals surface area contributed by atoms with Crippen molar-refractivity contribution in [3.8, 4) is 0 Å². The summed E-state index contributed by atoms with van der Waals surface area (Å²) in [5.74, 6) is 1.25. The van der Waals surface area contributed by atoms with Crippen LogP contribution in [0.1, 0.15) is 30.9 Å². The Balaban J connectivity index is 0.00000289. The number of aromatic amines is 1. The van der Waals surface area contributed by atoms with Gasteiger partial charge in [-0.1, -0.05) is 12.1 Å². The molecule has 32 heavy (non-hydrogen) atoms. The second-order valence-corrected chi connectivity index (χ2v) is 8.82. The lowest BCUT2D eigenvalue weighted by Gasteiger charge is -2.39. The Morgan fingerprint density at radius 3 is 2.53 bits per heavy atom. The van der Waals surface area contributed by atoms with Gasteiger partial charge in [-0.15, -0.1) is 24.0 Å². The first kappa shape index (κ1) is 24.8. The van der Waals surface area contributed by atoms with E-state index >= 15 is 0 Å². The number of aryl methyl sites for hydroxylation is 1. The number of hydrogen-bond acceptors (Lipinski definition) is 3. The number of hydrogen-bond donors (Lipinski definition) is 2. The summed E-state index contributed by atoms with van der Waals surface area (Å²) in [6.45, 7) is 10.4. The zero-order valence-electron chi connectivity index (χ0n) is 19.6. The monoisotopic (exact) mass is 552 g/mol. The van der Waals surface area contributed by atoms with E-state index in [4.69, 9.17) is 0 Å². The maximum Gasteiger partial charge on any atom is 0.239 e. The number of likely N-dealkylation sites (tertiary alicyclic amines) is 1. The predicted molar refractivity (Wildman–Crippen MR) is 142 cm³/mol. The Bertz CT molecular complexity index is 928. The summed E-state index contributed by atoms with van der Waals surface area (Å²) < 4.78 is 0. The molecule has 2 aliphatic rings. The molecule has 8 heteroatoms. The van der Waals surface area contributed by atoms with E-state index in [2.05, 4.69) is 63.3 Å². The average molecular weight is 553 g/mol. The molecule has 0 bridgehead atoms. The highest BCUT2D eigenvalue weighted by Gasteiger charge is 2.30. The standard InChI is InChI=1S/C24H36N6O.HI/c1-18-6-7-21-20(17-27-22(21)16-18)8-9-26-24(25-3)30-14-12-28(13-15-30)19(2)23(31)29-10-4-5-11-29;/h6-7,16-17,19,27H,4-5,8-15H2,1-3H3,(H,25,26);1H. The van der Waals surface area contributed by atoms with Gasteiger partial charge in [-0.2, -0.15) is 0 Å². The first-order valence-electron chi connectivity index (χ1n) is 11.6. The van der Waals surface area contributed by atoms with Crippen molar-refractivity contribution in [1.29, 1.82) is 0 Å². The van der Waals surface area contributed by atoms with Crippen molar-refractivity contribution < 1.29 is 4.79 Å². The largest absolute Gasteiger partial charge is 0.361 e. The van der Waals surface area contributed by atoms with Crippen LogP contribution in [0.3, 0.4) is 0 Å². The van der Waals surface area contributed by atoms with Gasteiger partial charge < -0.3 is 20.1 Å². The van der Waals surface area contributed by atoms with E-state index in [0.717, 1.165) is 71.0 Å². The lowest BCUT2D eigenvalue weighted by Crippen LogP contribution is -2.57. The highest BCUT2D eigenvalue weighted by atomic mass is 127. The maximum atomic E-state index is 12.7. The van der Waals surface area contributed by atoms with Crippen molar-refractivity contribution >= 4 is 46.7 Å². The number of rotatable bonds is 5. The summed E-state index contributed by atoms with van der Waals surface area (Å²) in [7, 11) is 1.85. The zero-order chi connectivity index (χ0) is 21.8. The molecule has 0 aliphatic carbocycles. The molecule has 0 spiro atoms. The molecule has 176 valence electrons. The van der Waals surface area contributed by atoms with Crippen LogP contribution < -0.4 is 5.32 Å². The molecule has 1 atom stereocenters. The molecule has 4 rings (SSSR count). The quantitative estimate of drug-likeness (QED) is 0.340. The Kier molecular flexibility index (Phi) is 8.81. The minimum absolute atomic E-state index is 0. The number of halogens is 1. The van der Waals surface area contributed by atoms with Crippen molar-refractivity contribution in [3.63, 3.8) is 0 Å². The number of nitrogens with zero attached hydrogens (tertiary/aromatic N) is 4. The molecule has 2 aromatic rings. The number of guanidine groups is 1. The molecular formula is C24H37IN6O. The van der Waals surface area contributed by atoms with E-state index < -0.39 is 0 Å².